The van der Waals surface area contributed by atoms with Gasteiger partial charge in [0.05, 0.1) is 0 Å². The Morgan fingerprint density at radius 1 is 0.692 bits per heavy atom. The highest BCUT2D eigenvalue weighted by atomic mass is 127. The molecule has 0 spiro atoms. The highest BCUT2D eigenvalue weighted by molar-refractivity contribution is 14.1. The molecule has 7 heteroatoms. The molecular formula is C6F5IO. The summed E-state index contributed by atoms with van der Waals surface area (Å²) >= 11 is -2.43. The minimum absolute atomic E-state index is 1.23. The van der Waals surface area contributed by atoms with Crippen LogP contribution < -0.4 is 0 Å². The zero-order chi connectivity index (χ0) is 10.2. The highest BCUT2D eigenvalue weighted by Crippen LogP contribution is 2.25. The Bertz CT molecular complexity index is 349. The highest BCUT2D eigenvalue weighted by Gasteiger charge is 2.25. The lowest BCUT2D eigenvalue weighted by atomic mass is 10.3. The Hall–Kier alpha value is -0.600. The first-order chi connectivity index (χ1) is 6.00. The van der Waals surface area contributed by atoms with E-state index in [0.717, 1.165) is 0 Å². The summed E-state index contributed by atoms with van der Waals surface area (Å²) in [4.78, 5) is 0. The number of hydrogen-bond acceptors (Lipinski definition) is 1. The van der Waals surface area contributed by atoms with Gasteiger partial charge in [-0.2, -0.15) is 0 Å². The van der Waals surface area contributed by atoms with E-state index in [2.05, 4.69) is 0 Å². The topological polar surface area (TPSA) is 17.1 Å². The van der Waals surface area contributed by atoms with E-state index >= 15 is 0 Å². The van der Waals surface area contributed by atoms with Crippen molar-refractivity contribution in [1.29, 1.82) is 0 Å². The molecule has 0 fully saturated rings. The van der Waals surface area contributed by atoms with Crippen molar-refractivity contribution in [1.82, 2.24) is 0 Å². The third kappa shape index (κ3) is 1.56. The third-order valence-electron chi connectivity index (χ3n) is 1.23. The van der Waals surface area contributed by atoms with Crippen LogP contribution in [0.2, 0.25) is 0 Å². The monoisotopic (exact) mass is 310 g/mol. The molecule has 0 unspecified atom stereocenters. The van der Waals surface area contributed by atoms with Crippen LogP contribution in [0.15, 0.2) is 0 Å². The smallest absolute Gasteiger partial charge is 0.200 e. The molecule has 0 radical (unpaired) electrons. The molecule has 1 aromatic rings. The molecule has 0 aliphatic carbocycles. The average molecular weight is 310 g/mol. The molecular weight excluding hydrogens is 310 g/mol. The molecule has 0 amide bonds. The molecule has 0 aliphatic rings. The fraction of sp³-hybridized carbons (Fsp3) is 0. The normalized spacial score (nSPS) is 10.5. The van der Waals surface area contributed by atoms with Crippen LogP contribution in [0.3, 0.4) is 0 Å². The maximum absolute atomic E-state index is 12.5. The SMILES string of the molecule is O=Ic1c(F)c(F)c(F)c(F)c1F. The van der Waals surface area contributed by atoms with Gasteiger partial charge in [0.1, 0.15) is 3.57 Å². The average Bonchev–Trinajstić information content (AvgIpc) is 2.13. The predicted octanol–water partition coefficient (Wildman–Crippen LogP) is 2.87. The molecule has 13 heavy (non-hydrogen) atoms. The summed E-state index contributed by atoms with van der Waals surface area (Å²) in [6.45, 7) is 0. The van der Waals surface area contributed by atoms with E-state index in [9.17, 15) is 25.0 Å². The molecule has 0 heterocycles. The largest absolute Gasteiger partial charge is 0.265 e. The summed E-state index contributed by atoms with van der Waals surface area (Å²) in [6.07, 6.45) is 0. The summed E-state index contributed by atoms with van der Waals surface area (Å²) < 4.78 is 70.9. The van der Waals surface area contributed by atoms with Crippen molar-refractivity contribution in [2.24, 2.45) is 0 Å². The Morgan fingerprint density at radius 3 is 1.31 bits per heavy atom. The molecule has 0 atom stereocenters. The fourth-order valence-corrected chi connectivity index (χ4v) is 1.51. The number of halogens is 6. The molecule has 72 valence electrons. The van der Waals surface area contributed by atoms with E-state index < -0.39 is 53.8 Å². The quantitative estimate of drug-likeness (QED) is 0.337. The number of hydrogen-bond donors (Lipinski definition) is 0. The summed E-state index contributed by atoms with van der Waals surface area (Å²) in [5, 5.41) is 0. The van der Waals surface area contributed by atoms with Crippen LogP contribution in [-0.4, -0.2) is 0 Å². The van der Waals surface area contributed by atoms with Crippen molar-refractivity contribution in [3.8, 4) is 0 Å². The first-order valence-electron chi connectivity index (χ1n) is 2.79. The molecule has 1 aromatic carbocycles. The second-order valence-corrected chi connectivity index (χ2v) is 3.48. The lowest BCUT2D eigenvalue weighted by Gasteiger charge is -2.00. The molecule has 0 aliphatic heterocycles. The Labute approximate surface area is 79.2 Å². The lowest BCUT2D eigenvalue weighted by Crippen LogP contribution is -2.03. The maximum atomic E-state index is 12.5. The van der Waals surface area contributed by atoms with Gasteiger partial charge in [0.15, 0.2) is 44.5 Å². The minimum atomic E-state index is -2.43. The van der Waals surface area contributed by atoms with Crippen LogP contribution in [0.4, 0.5) is 22.0 Å². The van der Waals surface area contributed by atoms with E-state index in [0.29, 0.717) is 0 Å². The van der Waals surface area contributed by atoms with E-state index in [-0.39, 0.29) is 0 Å². The fourth-order valence-electron chi connectivity index (χ4n) is 0.646. The van der Waals surface area contributed by atoms with Gasteiger partial charge in [0.2, 0.25) is 5.82 Å². The van der Waals surface area contributed by atoms with Crippen LogP contribution >= 0.6 is 21.2 Å². The standard InChI is InChI=1S/C6F5IO/c7-1-2(8)4(10)6(12-13)5(11)3(1)9. The van der Waals surface area contributed by atoms with E-state index in [4.69, 9.17) is 0 Å². The van der Waals surface area contributed by atoms with Crippen molar-refractivity contribution in [2.45, 2.75) is 0 Å². The molecule has 0 aromatic heterocycles. The van der Waals surface area contributed by atoms with E-state index in [1.807, 2.05) is 0 Å². The van der Waals surface area contributed by atoms with Gasteiger partial charge in [-0.3, -0.25) is 3.07 Å². The molecule has 0 bridgehead atoms. The first-order valence-corrected chi connectivity index (χ1v) is 4.75. The van der Waals surface area contributed by atoms with E-state index in [1.165, 1.54) is 0 Å². The van der Waals surface area contributed by atoms with Crippen LogP contribution in [0, 0.1) is 32.7 Å². The van der Waals surface area contributed by atoms with Crippen molar-refractivity contribution < 1.29 is 25.0 Å². The zero-order valence-electron chi connectivity index (χ0n) is 5.68. The predicted molar refractivity (Wildman–Crippen MR) is 39.6 cm³/mol. The molecule has 1 rings (SSSR count). The van der Waals surface area contributed by atoms with Crippen molar-refractivity contribution >= 4 is 21.2 Å². The van der Waals surface area contributed by atoms with Crippen molar-refractivity contribution in [2.75, 3.05) is 0 Å². The van der Waals surface area contributed by atoms with Crippen LogP contribution in [-0.2, 0) is 3.07 Å². The number of rotatable bonds is 1. The molecule has 0 saturated carbocycles. The molecule has 1 nitrogen and oxygen atoms in total. The summed E-state index contributed by atoms with van der Waals surface area (Å²) in [6, 6.07) is 0. The van der Waals surface area contributed by atoms with Crippen molar-refractivity contribution in [3.05, 3.63) is 32.7 Å². The Kier molecular flexibility index (Phi) is 2.94. The van der Waals surface area contributed by atoms with Gasteiger partial charge in [-0.15, -0.1) is 0 Å². The third-order valence-corrected chi connectivity index (χ3v) is 2.62. The van der Waals surface area contributed by atoms with Crippen LogP contribution in [0.1, 0.15) is 0 Å². The first kappa shape index (κ1) is 10.5. The van der Waals surface area contributed by atoms with Crippen LogP contribution in [0.5, 0.6) is 0 Å². The molecule has 0 saturated heterocycles. The van der Waals surface area contributed by atoms with Gasteiger partial charge in [0.25, 0.3) is 0 Å². The van der Waals surface area contributed by atoms with Gasteiger partial charge >= 0.3 is 0 Å². The summed E-state index contributed by atoms with van der Waals surface area (Å²) in [7, 11) is 0. The van der Waals surface area contributed by atoms with Crippen molar-refractivity contribution in [3.63, 3.8) is 0 Å². The van der Waals surface area contributed by atoms with Gasteiger partial charge < -0.3 is 0 Å². The summed E-state index contributed by atoms with van der Waals surface area (Å²) in [5.74, 6) is -10.4. The molecule has 0 N–H and O–H groups in total. The Morgan fingerprint density at radius 2 is 1.00 bits per heavy atom. The Balaban J connectivity index is 3.66. The lowest BCUT2D eigenvalue weighted by molar-refractivity contribution is 0.373. The summed E-state index contributed by atoms with van der Waals surface area (Å²) in [5.41, 5.74) is 0. The second-order valence-electron chi connectivity index (χ2n) is 1.96. The zero-order valence-corrected chi connectivity index (χ0v) is 7.83. The van der Waals surface area contributed by atoms with Gasteiger partial charge in [-0.05, 0) is 0 Å². The van der Waals surface area contributed by atoms with E-state index in [1.54, 1.807) is 0 Å². The van der Waals surface area contributed by atoms with Gasteiger partial charge in [0, 0.05) is 0 Å². The number of benzene rings is 1. The van der Waals surface area contributed by atoms with Gasteiger partial charge in [-0.1, -0.05) is 0 Å². The van der Waals surface area contributed by atoms with Crippen LogP contribution in [0.25, 0.3) is 0 Å². The second kappa shape index (κ2) is 3.64. The van der Waals surface area contributed by atoms with Gasteiger partial charge in [-0.25, -0.2) is 22.0 Å². The minimum Gasteiger partial charge on any atom is -0.265 e. The maximum Gasteiger partial charge on any atom is 0.200 e.